The van der Waals surface area contributed by atoms with Gasteiger partial charge in [0.05, 0.1) is 12.8 Å². The van der Waals surface area contributed by atoms with Gasteiger partial charge in [0.25, 0.3) is 0 Å². The first-order valence-corrected chi connectivity index (χ1v) is 8.89. The first kappa shape index (κ1) is 17.0. The molecular weight excluding hydrogens is 356 g/mol. The van der Waals surface area contributed by atoms with Crippen molar-refractivity contribution in [1.29, 1.82) is 0 Å². The summed E-state index contributed by atoms with van der Waals surface area (Å²) in [5.74, 6) is -1.80. The summed E-state index contributed by atoms with van der Waals surface area (Å²) in [7, 11) is -2.22. The predicted molar refractivity (Wildman–Crippen MR) is 86.8 cm³/mol. The van der Waals surface area contributed by atoms with Gasteiger partial charge in [-0.15, -0.1) is 0 Å². The van der Waals surface area contributed by atoms with E-state index in [4.69, 9.17) is 0 Å². The van der Waals surface area contributed by atoms with Crippen LogP contribution in [0.2, 0.25) is 0 Å². The average Bonchev–Trinajstić information content (AvgIpc) is 2.51. The number of rotatable bonds is 3. The van der Waals surface area contributed by atoms with Gasteiger partial charge in [-0.3, -0.25) is 14.5 Å². The Morgan fingerprint density at radius 2 is 1.88 bits per heavy atom. The molecule has 132 valence electrons. The van der Waals surface area contributed by atoms with E-state index in [0.717, 1.165) is 28.2 Å². The fourth-order valence-electron chi connectivity index (χ4n) is 2.45. The molecule has 1 aliphatic heterocycles. The van der Waals surface area contributed by atoms with Crippen molar-refractivity contribution in [3.05, 3.63) is 41.6 Å². The van der Waals surface area contributed by atoms with Crippen LogP contribution in [0.3, 0.4) is 0 Å². The van der Waals surface area contributed by atoms with Gasteiger partial charge in [-0.2, -0.15) is 4.98 Å². The van der Waals surface area contributed by atoms with E-state index in [1.807, 2.05) is 0 Å². The number of sulfonamides is 1. The number of nitrogens with zero attached hydrogens (tertiary/aromatic N) is 4. The number of hydrogen-bond donors (Lipinski definition) is 1. The van der Waals surface area contributed by atoms with Gasteiger partial charge >= 0.3 is 6.03 Å². The lowest BCUT2D eigenvalue weighted by molar-refractivity contribution is 0.250. The standard InChI is InChI=1S/C14H13F2N5O3S/c1-20-12-8(6-17-13(18-12)19-25(2,23)24)7-21(14(20)22)11-9(15)4-3-5-10(11)16/h3-6H,7H2,1-2H3,(H,17,18,19). The fourth-order valence-corrected chi connectivity index (χ4v) is 2.88. The van der Waals surface area contributed by atoms with Crippen LogP contribution < -0.4 is 14.5 Å². The van der Waals surface area contributed by atoms with Gasteiger partial charge in [0, 0.05) is 18.8 Å². The Balaban J connectivity index is 2.03. The monoisotopic (exact) mass is 369 g/mol. The third-order valence-corrected chi connectivity index (χ3v) is 4.04. The fraction of sp³-hybridized carbons (Fsp3) is 0.214. The van der Waals surface area contributed by atoms with Crippen molar-refractivity contribution in [1.82, 2.24) is 9.97 Å². The zero-order chi connectivity index (χ0) is 18.4. The number of carbonyl (C=O) groups excluding carboxylic acids is 1. The van der Waals surface area contributed by atoms with Crippen LogP contribution in [0.4, 0.5) is 31.0 Å². The second-order valence-electron chi connectivity index (χ2n) is 5.41. The quantitative estimate of drug-likeness (QED) is 0.889. The number of hydrogen-bond acceptors (Lipinski definition) is 5. The summed E-state index contributed by atoms with van der Waals surface area (Å²) >= 11 is 0. The van der Waals surface area contributed by atoms with Crippen molar-refractivity contribution in [3.63, 3.8) is 0 Å². The summed E-state index contributed by atoms with van der Waals surface area (Å²) in [6.07, 6.45) is 2.23. The summed E-state index contributed by atoms with van der Waals surface area (Å²) in [5, 5.41) is 0. The maximum atomic E-state index is 14.0. The van der Waals surface area contributed by atoms with E-state index in [0.29, 0.717) is 5.56 Å². The van der Waals surface area contributed by atoms with E-state index < -0.39 is 33.4 Å². The number of para-hydroxylation sites is 1. The number of benzene rings is 1. The molecule has 8 nitrogen and oxygen atoms in total. The van der Waals surface area contributed by atoms with E-state index in [9.17, 15) is 22.0 Å². The van der Waals surface area contributed by atoms with E-state index in [1.54, 1.807) is 0 Å². The van der Waals surface area contributed by atoms with E-state index >= 15 is 0 Å². The van der Waals surface area contributed by atoms with Crippen LogP contribution in [-0.4, -0.2) is 37.7 Å². The second-order valence-corrected chi connectivity index (χ2v) is 7.16. The van der Waals surface area contributed by atoms with Crippen LogP contribution in [0, 0.1) is 11.6 Å². The minimum Gasteiger partial charge on any atom is -0.284 e. The number of halogens is 2. The molecule has 0 spiro atoms. The summed E-state index contributed by atoms with van der Waals surface area (Å²) in [5.41, 5.74) is -0.0628. The van der Waals surface area contributed by atoms with Crippen molar-refractivity contribution in [2.24, 2.45) is 0 Å². The molecule has 2 heterocycles. The predicted octanol–water partition coefficient (Wildman–Crippen LogP) is 1.70. The topological polar surface area (TPSA) is 95.5 Å². The lowest BCUT2D eigenvalue weighted by Crippen LogP contribution is -2.46. The summed E-state index contributed by atoms with van der Waals surface area (Å²) in [4.78, 5) is 22.4. The molecule has 3 rings (SSSR count). The molecule has 0 atom stereocenters. The number of carbonyl (C=O) groups is 1. The summed E-state index contributed by atoms with van der Waals surface area (Å²) in [6, 6.07) is 2.60. The molecule has 0 saturated carbocycles. The minimum absolute atomic E-state index is 0.152. The smallest absolute Gasteiger partial charge is 0.284 e. The number of fused-ring (bicyclic) bond motifs is 1. The number of anilines is 3. The molecule has 0 saturated heterocycles. The maximum absolute atomic E-state index is 14.0. The molecule has 0 aliphatic carbocycles. The summed E-state index contributed by atoms with van der Waals surface area (Å²) in [6.45, 7) is -0.157. The molecule has 0 unspecified atom stereocenters. The highest BCUT2D eigenvalue weighted by atomic mass is 32.2. The lowest BCUT2D eigenvalue weighted by atomic mass is 10.2. The van der Waals surface area contributed by atoms with Crippen LogP contribution in [0.5, 0.6) is 0 Å². The number of urea groups is 1. The molecule has 0 fully saturated rings. The Morgan fingerprint density at radius 1 is 1.24 bits per heavy atom. The molecule has 0 radical (unpaired) electrons. The van der Waals surface area contributed by atoms with Crippen LogP contribution in [0.1, 0.15) is 5.56 Å². The highest BCUT2D eigenvalue weighted by Gasteiger charge is 2.33. The highest BCUT2D eigenvalue weighted by Crippen LogP contribution is 2.32. The summed E-state index contributed by atoms with van der Waals surface area (Å²) < 4.78 is 52.6. The molecule has 2 aromatic rings. The van der Waals surface area contributed by atoms with Gasteiger partial charge in [0.2, 0.25) is 16.0 Å². The van der Waals surface area contributed by atoms with Gasteiger partial charge in [-0.1, -0.05) is 6.07 Å². The van der Waals surface area contributed by atoms with Gasteiger partial charge in [0.1, 0.15) is 23.1 Å². The van der Waals surface area contributed by atoms with Crippen molar-refractivity contribution in [2.75, 3.05) is 27.8 Å². The molecular formula is C14H13F2N5O3S. The van der Waals surface area contributed by atoms with E-state index in [1.165, 1.54) is 19.3 Å². The van der Waals surface area contributed by atoms with Crippen molar-refractivity contribution in [2.45, 2.75) is 6.54 Å². The van der Waals surface area contributed by atoms with Crippen LogP contribution in [0.15, 0.2) is 24.4 Å². The number of nitrogens with one attached hydrogen (secondary N) is 1. The third-order valence-electron chi connectivity index (χ3n) is 3.49. The molecule has 2 amide bonds. The Bertz CT molecular complexity index is 947. The van der Waals surface area contributed by atoms with Gasteiger partial charge < -0.3 is 0 Å². The number of amides is 2. The van der Waals surface area contributed by atoms with Crippen molar-refractivity contribution >= 4 is 33.5 Å². The van der Waals surface area contributed by atoms with Gasteiger partial charge in [-0.05, 0) is 12.1 Å². The first-order valence-electron chi connectivity index (χ1n) is 7.00. The SMILES string of the molecule is CN1C(=O)N(c2c(F)cccc2F)Cc2cnc(NS(C)(=O)=O)nc21. The first-order chi connectivity index (χ1) is 11.7. The third kappa shape index (κ3) is 3.22. The van der Waals surface area contributed by atoms with E-state index in [2.05, 4.69) is 14.7 Å². The molecule has 1 aromatic carbocycles. The molecule has 1 aliphatic rings. The Labute approximate surface area is 142 Å². The minimum atomic E-state index is -3.59. The maximum Gasteiger partial charge on any atom is 0.330 e. The lowest BCUT2D eigenvalue weighted by Gasteiger charge is -2.34. The zero-order valence-corrected chi connectivity index (χ0v) is 14.0. The molecule has 1 N–H and O–H groups in total. The van der Waals surface area contributed by atoms with Crippen LogP contribution in [-0.2, 0) is 16.6 Å². The van der Waals surface area contributed by atoms with Gasteiger partial charge in [-0.25, -0.2) is 27.0 Å². The normalized spacial score (nSPS) is 14.5. The molecule has 0 bridgehead atoms. The zero-order valence-electron chi connectivity index (χ0n) is 13.2. The van der Waals surface area contributed by atoms with Crippen LogP contribution >= 0.6 is 0 Å². The van der Waals surface area contributed by atoms with Crippen molar-refractivity contribution in [3.8, 4) is 0 Å². The van der Waals surface area contributed by atoms with Crippen molar-refractivity contribution < 1.29 is 22.0 Å². The Kier molecular flexibility index (Phi) is 4.03. The largest absolute Gasteiger partial charge is 0.330 e. The molecule has 25 heavy (non-hydrogen) atoms. The Hall–Kier alpha value is -2.82. The average molecular weight is 369 g/mol. The highest BCUT2D eigenvalue weighted by molar-refractivity contribution is 7.91. The molecule has 11 heteroatoms. The Morgan fingerprint density at radius 3 is 2.48 bits per heavy atom. The van der Waals surface area contributed by atoms with Crippen LogP contribution in [0.25, 0.3) is 0 Å². The van der Waals surface area contributed by atoms with E-state index in [-0.39, 0.29) is 18.3 Å². The van der Waals surface area contributed by atoms with Gasteiger partial charge in [0.15, 0.2) is 0 Å². The number of aromatic nitrogens is 2. The second kappa shape index (κ2) is 5.92. The molecule has 1 aromatic heterocycles.